The zero-order valence-electron chi connectivity index (χ0n) is 17.3. The lowest BCUT2D eigenvalue weighted by atomic mass is 9.74. The fourth-order valence-electron chi connectivity index (χ4n) is 4.45. The monoisotopic (exact) mass is 422 g/mol. The molecule has 3 aliphatic rings. The van der Waals surface area contributed by atoms with Crippen molar-refractivity contribution in [3.63, 3.8) is 0 Å². The van der Waals surface area contributed by atoms with Crippen LogP contribution in [-0.4, -0.2) is 44.3 Å². The number of hydrogen-bond acceptors (Lipinski definition) is 6. The molecule has 0 spiro atoms. The second-order valence-corrected chi connectivity index (χ2v) is 8.30. The molecule has 0 radical (unpaired) electrons. The van der Waals surface area contributed by atoms with Gasteiger partial charge in [0.1, 0.15) is 0 Å². The number of rotatable bonds is 6. The zero-order valence-corrected chi connectivity index (χ0v) is 17.3. The lowest BCUT2D eigenvalue weighted by molar-refractivity contribution is -0.131. The maximum Gasteiger partial charge on any atom is 0.264 e. The Labute approximate surface area is 181 Å². The minimum atomic E-state index is -0.586. The summed E-state index contributed by atoms with van der Waals surface area (Å²) in [5.41, 5.74) is 3.04. The molecule has 162 valence electrons. The first kappa shape index (κ1) is 19.9. The van der Waals surface area contributed by atoms with Gasteiger partial charge in [0, 0.05) is 38.0 Å². The number of ether oxygens (including phenoxy) is 3. The van der Waals surface area contributed by atoms with Crippen LogP contribution in [0.4, 0.5) is 0 Å². The van der Waals surface area contributed by atoms with Gasteiger partial charge >= 0.3 is 0 Å². The van der Waals surface area contributed by atoms with E-state index in [0.717, 1.165) is 35.6 Å². The highest BCUT2D eigenvalue weighted by Crippen LogP contribution is 2.35. The number of nitrogens with zero attached hydrogens (tertiary/aromatic N) is 1. The van der Waals surface area contributed by atoms with Gasteiger partial charge in [0.15, 0.2) is 11.5 Å². The van der Waals surface area contributed by atoms with Gasteiger partial charge in [-0.15, -0.1) is 0 Å². The second-order valence-electron chi connectivity index (χ2n) is 8.30. The molecule has 2 aromatic carbocycles. The van der Waals surface area contributed by atoms with Gasteiger partial charge in [0.05, 0.1) is 5.71 Å². The number of hydrogen-bond donors (Lipinski definition) is 1. The van der Waals surface area contributed by atoms with Crippen LogP contribution in [0.25, 0.3) is 0 Å². The molecule has 1 atom stereocenters. The lowest BCUT2D eigenvalue weighted by Crippen LogP contribution is -2.47. The molecule has 0 aromatic heterocycles. The van der Waals surface area contributed by atoms with Crippen LogP contribution in [0.2, 0.25) is 0 Å². The molecule has 2 aromatic rings. The van der Waals surface area contributed by atoms with E-state index in [4.69, 9.17) is 19.0 Å². The molecule has 3 aliphatic heterocycles. The van der Waals surface area contributed by atoms with E-state index in [1.165, 1.54) is 5.56 Å². The molecular formula is C24H26N2O5. The van der Waals surface area contributed by atoms with Crippen molar-refractivity contribution < 1.29 is 23.8 Å². The van der Waals surface area contributed by atoms with Crippen LogP contribution >= 0.6 is 0 Å². The minimum Gasteiger partial charge on any atom is -0.454 e. The fraction of sp³-hybridized carbons (Fsp3) is 0.417. The van der Waals surface area contributed by atoms with Crippen molar-refractivity contribution in [2.75, 3.05) is 26.6 Å². The molecule has 31 heavy (non-hydrogen) atoms. The Morgan fingerprint density at radius 3 is 2.71 bits per heavy atom. The van der Waals surface area contributed by atoms with E-state index < -0.39 is 6.10 Å². The van der Waals surface area contributed by atoms with Crippen LogP contribution < -0.4 is 14.8 Å². The summed E-state index contributed by atoms with van der Waals surface area (Å²) >= 11 is 0. The molecule has 1 unspecified atom stereocenters. The Balaban J connectivity index is 1.18. The van der Waals surface area contributed by atoms with Crippen molar-refractivity contribution >= 4 is 11.6 Å². The average molecular weight is 422 g/mol. The Morgan fingerprint density at radius 1 is 1.06 bits per heavy atom. The Hall–Kier alpha value is -3.06. The van der Waals surface area contributed by atoms with E-state index in [1.807, 2.05) is 36.4 Å². The quantitative estimate of drug-likeness (QED) is 0.774. The van der Waals surface area contributed by atoms with Gasteiger partial charge in [-0.1, -0.05) is 41.6 Å². The SMILES string of the molecule is O=C(NCC1(c2ccccc2)CCOCC1)C1CC(Cc2ccc3c(c2)OCO3)=NO1. The molecule has 0 aliphatic carbocycles. The summed E-state index contributed by atoms with van der Waals surface area (Å²) in [5, 5.41) is 7.28. The second kappa shape index (κ2) is 8.59. The highest BCUT2D eigenvalue weighted by atomic mass is 16.7. The van der Waals surface area contributed by atoms with E-state index >= 15 is 0 Å². The number of benzene rings is 2. The summed E-state index contributed by atoms with van der Waals surface area (Å²) in [7, 11) is 0. The topological polar surface area (TPSA) is 78.4 Å². The molecule has 1 fully saturated rings. The molecule has 5 rings (SSSR count). The number of nitrogens with one attached hydrogen (secondary N) is 1. The van der Waals surface area contributed by atoms with Crippen LogP contribution in [-0.2, 0) is 26.2 Å². The first-order chi connectivity index (χ1) is 15.2. The predicted molar refractivity (Wildman–Crippen MR) is 114 cm³/mol. The van der Waals surface area contributed by atoms with E-state index in [9.17, 15) is 4.79 Å². The summed E-state index contributed by atoms with van der Waals surface area (Å²) < 4.78 is 16.4. The van der Waals surface area contributed by atoms with Gasteiger partial charge in [0.2, 0.25) is 12.9 Å². The summed E-state index contributed by atoms with van der Waals surface area (Å²) in [6, 6.07) is 16.2. The number of amides is 1. The summed E-state index contributed by atoms with van der Waals surface area (Å²) in [6.45, 7) is 2.22. The maximum atomic E-state index is 12.8. The lowest BCUT2D eigenvalue weighted by Gasteiger charge is -2.38. The zero-order chi connectivity index (χ0) is 21.1. The van der Waals surface area contributed by atoms with E-state index in [0.29, 0.717) is 32.6 Å². The number of fused-ring (bicyclic) bond motifs is 1. The van der Waals surface area contributed by atoms with Gasteiger partial charge in [-0.05, 0) is 36.1 Å². The minimum absolute atomic E-state index is 0.107. The summed E-state index contributed by atoms with van der Waals surface area (Å²) in [4.78, 5) is 18.3. The first-order valence-corrected chi connectivity index (χ1v) is 10.7. The Kier molecular flexibility index (Phi) is 5.51. The molecule has 7 nitrogen and oxygen atoms in total. The average Bonchev–Trinajstić information content (AvgIpc) is 3.48. The van der Waals surface area contributed by atoms with E-state index in [1.54, 1.807) is 0 Å². The predicted octanol–water partition coefficient (Wildman–Crippen LogP) is 2.97. The van der Waals surface area contributed by atoms with Gasteiger partial charge < -0.3 is 24.4 Å². The smallest absolute Gasteiger partial charge is 0.264 e. The van der Waals surface area contributed by atoms with Crippen molar-refractivity contribution in [1.82, 2.24) is 5.32 Å². The summed E-state index contributed by atoms with van der Waals surface area (Å²) in [5.74, 6) is 1.38. The number of carbonyl (C=O) groups excluding carboxylic acids is 1. The van der Waals surface area contributed by atoms with Gasteiger partial charge in [0.25, 0.3) is 5.91 Å². The number of oxime groups is 1. The molecule has 1 saturated heterocycles. The van der Waals surface area contributed by atoms with Crippen molar-refractivity contribution in [3.05, 3.63) is 59.7 Å². The number of carbonyl (C=O) groups is 1. The molecule has 0 saturated carbocycles. The van der Waals surface area contributed by atoms with Crippen molar-refractivity contribution in [2.45, 2.75) is 37.2 Å². The highest BCUT2D eigenvalue weighted by molar-refractivity contribution is 5.94. The Bertz CT molecular complexity index is 969. The van der Waals surface area contributed by atoms with Crippen LogP contribution in [0.1, 0.15) is 30.4 Å². The van der Waals surface area contributed by atoms with Crippen molar-refractivity contribution in [3.8, 4) is 11.5 Å². The van der Waals surface area contributed by atoms with E-state index in [-0.39, 0.29) is 18.1 Å². The largest absolute Gasteiger partial charge is 0.454 e. The Morgan fingerprint density at radius 2 is 1.87 bits per heavy atom. The molecule has 7 heteroatoms. The highest BCUT2D eigenvalue weighted by Gasteiger charge is 2.36. The third kappa shape index (κ3) is 4.23. The van der Waals surface area contributed by atoms with Crippen molar-refractivity contribution in [1.29, 1.82) is 0 Å². The van der Waals surface area contributed by atoms with Gasteiger partial charge in [-0.25, -0.2) is 0 Å². The van der Waals surface area contributed by atoms with Crippen LogP contribution in [0.15, 0.2) is 53.7 Å². The normalized spacial score (nSPS) is 21.3. The van der Waals surface area contributed by atoms with Gasteiger partial charge in [-0.3, -0.25) is 4.79 Å². The van der Waals surface area contributed by atoms with Crippen LogP contribution in [0.5, 0.6) is 11.5 Å². The molecule has 1 N–H and O–H groups in total. The van der Waals surface area contributed by atoms with Crippen LogP contribution in [0.3, 0.4) is 0 Å². The van der Waals surface area contributed by atoms with Crippen LogP contribution in [0, 0.1) is 0 Å². The van der Waals surface area contributed by atoms with E-state index in [2.05, 4.69) is 22.6 Å². The molecule has 0 bridgehead atoms. The standard InChI is InChI=1S/C24H26N2O5/c27-23(25-15-24(8-10-28-11-9-24)18-4-2-1-3-5-18)22-14-19(26-31-22)12-17-6-7-20-21(13-17)30-16-29-20/h1-7,13,22H,8-12,14-16H2,(H,25,27). The molecular weight excluding hydrogens is 396 g/mol. The maximum absolute atomic E-state index is 12.8. The van der Waals surface area contributed by atoms with Gasteiger partial charge in [-0.2, -0.15) is 0 Å². The molecule has 1 amide bonds. The van der Waals surface area contributed by atoms with Crippen molar-refractivity contribution in [2.24, 2.45) is 5.16 Å². The summed E-state index contributed by atoms with van der Waals surface area (Å²) in [6.07, 6.45) is 2.29. The molecule has 3 heterocycles. The first-order valence-electron chi connectivity index (χ1n) is 10.7. The third-order valence-corrected chi connectivity index (χ3v) is 6.30. The fourth-order valence-corrected chi connectivity index (χ4v) is 4.45. The third-order valence-electron chi connectivity index (χ3n) is 6.30.